The molecule has 0 fully saturated rings. The van der Waals surface area contributed by atoms with Gasteiger partial charge in [0, 0.05) is 25.7 Å². The van der Waals surface area contributed by atoms with Crippen molar-refractivity contribution in [3.05, 3.63) is 14.1 Å². The highest BCUT2D eigenvalue weighted by Gasteiger charge is 2.47. The molecule has 0 aliphatic heterocycles. The van der Waals surface area contributed by atoms with Gasteiger partial charge in [0.05, 0.1) is 0 Å². The Labute approximate surface area is 282 Å². The molecule has 0 aromatic carbocycles. The number of nitrogens with two attached hydrogens (primary N) is 2. The quantitative estimate of drug-likeness (QED) is 0.0613. The second kappa shape index (κ2) is 21.6. The maximum atomic E-state index is 13.3. The zero-order chi connectivity index (χ0) is 37.5. The van der Waals surface area contributed by atoms with E-state index in [9.17, 15) is 39.0 Å². The Hall–Kier alpha value is -3.34. The SMILES string of the molecule is [CH2-][NH2+]C(C(=O)O[C@H](COC(=O)[C@H](O)C(C)C)[C@@H](OC(C)=O)[C@H](OC(C)=O)[C@@H](COC(=O)[C@H](O)C(C)C)OC(=O)C([NH2+][CH2-])C(C)C)C(C)C. The highest BCUT2D eigenvalue weighted by atomic mass is 16.6. The van der Waals surface area contributed by atoms with Gasteiger partial charge in [-0.15, -0.1) is 0 Å². The first-order valence-corrected chi connectivity index (χ1v) is 15.9. The first kappa shape index (κ1) is 44.7. The van der Waals surface area contributed by atoms with Gasteiger partial charge in [-0.2, -0.15) is 14.1 Å². The number of aliphatic hydroxyl groups is 2. The number of quaternary nitrogens is 2. The molecule has 0 aliphatic carbocycles. The van der Waals surface area contributed by atoms with Crippen LogP contribution in [0.25, 0.3) is 0 Å². The molecule has 8 atom stereocenters. The minimum Gasteiger partial charge on any atom is -0.467 e. The van der Waals surface area contributed by atoms with Gasteiger partial charge in [-0.3, -0.25) is 9.59 Å². The molecule has 0 aromatic heterocycles. The van der Waals surface area contributed by atoms with Crippen LogP contribution in [0.2, 0.25) is 0 Å². The second-order valence-electron chi connectivity index (χ2n) is 12.7. The summed E-state index contributed by atoms with van der Waals surface area (Å²) < 4.78 is 32.9. The number of hydrogen-bond acceptors (Lipinski definition) is 14. The van der Waals surface area contributed by atoms with Gasteiger partial charge in [0.1, 0.15) is 13.2 Å². The van der Waals surface area contributed by atoms with E-state index in [1.165, 1.54) is 10.6 Å². The number of carbonyl (C=O) groups is 6. The Balaban J connectivity index is 7.22. The predicted molar refractivity (Wildman–Crippen MR) is 166 cm³/mol. The zero-order valence-electron chi connectivity index (χ0n) is 29.7. The summed E-state index contributed by atoms with van der Waals surface area (Å²) in [5, 5.41) is 23.1. The number of esters is 6. The highest BCUT2D eigenvalue weighted by Crippen LogP contribution is 2.22. The molecule has 48 heavy (non-hydrogen) atoms. The third-order valence-electron chi connectivity index (χ3n) is 7.21. The fourth-order valence-corrected chi connectivity index (χ4v) is 4.26. The third-order valence-corrected chi connectivity index (χ3v) is 7.21. The molecule has 2 unspecified atom stereocenters. The molecule has 0 bridgehead atoms. The van der Waals surface area contributed by atoms with E-state index in [1.54, 1.807) is 55.4 Å². The monoisotopic (exact) mass is 692 g/mol. The summed E-state index contributed by atoms with van der Waals surface area (Å²) in [6.45, 7) is 13.5. The lowest BCUT2D eigenvalue weighted by molar-refractivity contribution is -0.628. The highest BCUT2D eigenvalue weighted by molar-refractivity contribution is 5.77. The van der Waals surface area contributed by atoms with Crippen molar-refractivity contribution in [1.29, 1.82) is 0 Å². The standard InChI is InChI=1S/C32H56N2O14/c1-15(2)23(33-11)29(39)47-21(13-43-31(41)25(37)17(5)6)27(45-19(9)35)28(46-20(10)36)22(14-44-32(42)26(38)18(7)8)48-30(40)24(34-12)16(3)4/h15-18,21-28,37-38H,11-14,33-34H2,1-10H3/t21-,22-,23?,24?,25-,26-,27-,28-/m1/s1. The first-order chi connectivity index (χ1) is 22.2. The zero-order valence-corrected chi connectivity index (χ0v) is 29.7. The van der Waals surface area contributed by atoms with E-state index in [0.29, 0.717) is 0 Å². The Morgan fingerprint density at radius 2 is 0.812 bits per heavy atom. The van der Waals surface area contributed by atoms with Crippen LogP contribution in [-0.2, 0) is 57.2 Å². The molecular formula is C32H56N2O14. The van der Waals surface area contributed by atoms with Gasteiger partial charge in [-0.25, -0.2) is 19.2 Å². The van der Waals surface area contributed by atoms with Crippen LogP contribution in [0, 0.1) is 37.8 Å². The number of rotatable bonds is 21. The fraction of sp³-hybridized carbons (Fsp3) is 0.750. The molecule has 16 nitrogen and oxygen atoms in total. The van der Waals surface area contributed by atoms with Crippen molar-refractivity contribution in [1.82, 2.24) is 0 Å². The average molecular weight is 693 g/mol. The molecule has 278 valence electrons. The Morgan fingerprint density at radius 3 is 1.02 bits per heavy atom. The molecular weight excluding hydrogens is 636 g/mol. The summed E-state index contributed by atoms with van der Waals surface area (Å²) in [7, 11) is 7.31. The number of hydrogen-bond donors (Lipinski definition) is 4. The maximum absolute atomic E-state index is 13.3. The molecule has 0 aliphatic rings. The van der Waals surface area contributed by atoms with Gasteiger partial charge < -0.3 is 49.3 Å². The van der Waals surface area contributed by atoms with E-state index in [-0.39, 0.29) is 11.8 Å². The lowest BCUT2D eigenvalue weighted by Gasteiger charge is -2.36. The van der Waals surface area contributed by atoms with Crippen molar-refractivity contribution < 1.29 is 78.0 Å². The van der Waals surface area contributed by atoms with Crippen molar-refractivity contribution in [2.75, 3.05) is 13.2 Å². The summed E-state index contributed by atoms with van der Waals surface area (Å²) in [6.07, 6.45) is -10.3. The predicted octanol–water partition coefficient (Wildman–Crippen LogP) is -1.45. The normalized spacial score (nSPS) is 16.6. The first-order valence-electron chi connectivity index (χ1n) is 15.9. The molecule has 0 rings (SSSR count). The van der Waals surface area contributed by atoms with Crippen LogP contribution in [0.1, 0.15) is 69.2 Å². The summed E-state index contributed by atoms with van der Waals surface area (Å²) in [5.41, 5.74) is 0. The van der Waals surface area contributed by atoms with E-state index in [0.717, 1.165) is 13.8 Å². The molecule has 0 aromatic rings. The maximum Gasteiger partial charge on any atom is 0.363 e. The van der Waals surface area contributed by atoms with Gasteiger partial charge in [-0.1, -0.05) is 55.4 Å². The van der Waals surface area contributed by atoms with E-state index < -0.39 is 110 Å². The third kappa shape index (κ3) is 14.8. The Bertz CT molecular complexity index is 981. The number of aliphatic hydroxyl groups excluding tert-OH is 2. The van der Waals surface area contributed by atoms with Gasteiger partial charge in [0.2, 0.25) is 0 Å². The lowest BCUT2D eigenvalue weighted by atomic mass is 10.0. The van der Waals surface area contributed by atoms with E-state index in [2.05, 4.69) is 14.1 Å². The molecule has 0 saturated carbocycles. The van der Waals surface area contributed by atoms with Crippen LogP contribution in [0.4, 0.5) is 0 Å². The molecule has 0 saturated heterocycles. The molecule has 0 heterocycles. The van der Waals surface area contributed by atoms with Crippen molar-refractivity contribution in [2.24, 2.45) is 23.7 Å². The van der Waals surface area contributed by atoms with Crippen LogP contribution < -0.4 is 10.6 Å². The average Bonchev–Trinajstić information content (AvgIpc) is 2.97. The van der Waals surface area contributed by atoms with E-state index in [1.807, 2.05) is 0 Å². The van der Waals surface area contributed by atoms with Crippen molar-refractivity contribution in [3.8, 4) is 0 Å². The summed E-state index contributed by atoms with van der Waals surface area (Å²) in [6, 6.07) is -1.78. The second-order valence-corrected chi connectivity index (χ2v) is 12.7. The van der Waals surface area contributed by atoms with E-state index >= 15 is 0 Å². The molecule has 0 radical (unpaired) electrons. The van der Waals surface area contributed by atoms with Gasteiger partial charge in [0.25, 0.3) is 0 Å². The molecule has 16 heteroatoms. The molecule has 6 N–H and O–H groups in total. The van der Waals surface area contributed by atoms with Gasteiger partial charge >= 0.3 is 35.8 Å². The topological polar surface area (TPSA) is 231 Å². The number of carbonyl (C=O) groups excluding carboxylic acids is 6. The fourth-order valence-electron chi connectivity index (χ4n) is 4.26. The van der Waals surface area contributed by atoms with Crippen molar-refractivity contribution in [3.63, 3.8) is 0 Å². The minimum absolute atomic E-state index is 0.315. The largest absolute Gasteiger partial charge is 0.467 e. The lowest BCUT2D eigenvalue weighted by Crippen LogP contribution is -2.87. The minimum atomic E-state index is -1.84. The molecule has 0 spiro atoms. The van der Waals surface area contributed by atoms with Crippen LogP contribution >= 0.6 is 0 Å². The van der Waals surface area contributed by atoms with Crippen molar-refractivity contribution >= 4 is 35.8 Å². The van der Waals surface area contributed by atoms with Gasteiger partial charge in [0.15, 0.2) is 48.7 Å². The summed E-state index contributed by atoms with van der Waals surface area (Å²) in [4.78, 5) is 76.9. The Morgan fingerprint density at radius 1 is 0.521 bits per heavy atom. The smallest absolute Gasteiger partial charge is 0.363 e. The van der Waals surface area contributed by atoms with Crippen LogP contribution in [-0.4, -0.2) is 108 Å². The van der Waals surface area contributed by atoms with Crippen LogP contribution in [0.3, 0.4) is 0 Å². The van der Waals surface area contributed by atoms with Crippen molar-refractivity contribution in [2.45, 2.75) is 118 Å². The van der Waals surface area contributed by atoms with Crippen LogP contribution in [0.15, 0.2) is 0 Å². The summed E-state index contributed by atoms with van der Waals surface area (Å²) in [5.74, 6) is -7.63. The Kier molecular flexibility index (Phi) is 20.1. The molecule has 0 amide bonds. The number of ether oxygens (including phenoxy) is 6. The van der Waals surface area contributed by atoms with Gasteiger partial charge in [-0.05, 0) is 11.8 Å². The summed E-state index contributed by atoms with van der Waals surface area (Å²) >= 11 is 0. The van der Waals surface area contributed by atoms with E-state index in [4.69, 9.17) is 28.4 Å². The van der Waals surface area contributed by atoms with Crippen LogP contribution in [0.5, 0.6) is 0 Å².